The van der Waals surface area contributed by atoms with Crippen LogP contribution in [0.4, 0.5) is 0 Å². The Kier molecular flexibility index (Phi) is 6.01. The number of nitrogens with zero attached hydrogens (tertiary/aromatic N) is 1. The van der Waals surface area contributed by atoms with E-state index in [-0.39, 0.29) is 24.4 Å². The average Bonchev–Trinajstić information content (AvgIpc) is 2.58. The topological polar surface area (TPSA) is 71.4 Å². The van der Waals surface area contributed by atoms with Crippen molar-refractivity contribution >= 4 is 0 Å². The van der Waals surface area contributed by atoms with E-state index < -0.39 is 12.2 Å². The van der Waals surface area contributed by atoms with Crippen LogP contribution in [-0.2, 0) is 11.2 Å². The molecule has 0 spiro atoms. The van der Waals surface area contributed by atoms with Crippen LogP contribution >= 0.6 is 0 Å². The highest BCUT2D eigenvalue weighted by Gasteiger charge is 2.40. The molecule has 2 N–H and O–H groups in total. The molecular formula is C21H33NO5. The highest BCUT2D eigenvalue weighted by atomic mass is 16.5. The van der Waals surface area contributed by atoms with Crippen molar-refractivity contribution in [1.29, 1.82) is 0 Å². The zero-order chi connectivity index (χ0) is 19.8. The molecule has 0 bridgehead atoms. The highest BCUT2D eigenvalue weighted by molar-refractivity contribution is 5.49. The van der Waals surface area contributed by atoms with E-state index in [9.17, 15) is 10.2 Å². The lowest BCUT2D eigenvalue weighted by molar-refractivity contribution is -0.149. The number of rotatable bonds is 5. The third-order valence-electron chi connectivity index (χ3n) is 5.19. The molecule has 2 aliphatic heterocycles. The smallest absolute Gasteiger partial charge is 0.161 e. The predicted octanol–water partition coefficient (Wildman–Crippen LogP) is 2.30. The van der Waals surface area contributed by atoms with Gasteiger partial charge in [0.25, 0.3) is 0 Å². The molecule has 1 aromatic rings. The van der Waals surface area contributed by atoms with E-state index >= 15 is 0 Å². The number of aliphatic hydroxyl groups excluding tert-OH is 2. The number of piperidine rings is 1. The monoisotopic (exact) mass is 379 g/mol. The Labute approximate surface area is 162 Å². The molecule has 0 radical (unpaired) electrons. The van der Waals surface area contributed by atoms with E-state index in [0.29, 0.717) is 17.9 Å². The van der Waals surface area contributed by atoms with Crippen LogP contribution in [0.2, 0.25) is 0 Å². The lowest BCUT2D eigenvalue weighted by atomic mass is 9.84. The third-order valence-corrected chi connectivity index (χ3v) is 5.19. The second kappa shape index (κ2) is 7.95. The van der Waals surface area contributed by atoms with Gasteiger partial charge in [-0.1, -0.05) is 0 Å². The van der Waals surface area contributed by atoms with Crippen LogP contribution in [0.5, 0.6) is 11.5 Å². The molecule has 152 valence electrons. The predicted molar refractivity (Wildman–Crippen MR) is 103 cm³/mol. The summed E-state index contributed by atoms with van der Waals surface area (Å²) in [6.07, 6.45) is 0.366. The second-order valence-corrected chi connectivity index (χ2v) is 8.69. The van der Waals surface area contributed by atoms with Crippen LogP contribution < -0.4 is 9.47 Å². The van der Waals surface area contributed by atoms with Gasteiger partial charge >= 0.3 is 0 Å². The summed E-state index contributed by atoms with van der Waals surface area (Å²) in [4.78, 5) is 2.40. The van der Waals surface area contributed by atoms with Crippen LogP contribution in [0, 0.1) is 0 Å². The van der Waals surface area contributed by atoms with Gasteiger partial charge in [-0.15, -0.1) is 0 Å². The van der Waals surface area contributed by atoms with Crippen molar-refractivity contribution < 1.29 is 24.4 Å². The Bertz CT molecular complexity index is 655. The first-order valence-corrected chi connectivity index (χ1v) is 9.79. The van der Waals surface area contributed by atoms with E-state index in [1.54, 1.807) is 14.0 Å². The average molecular weight is 379 g/mol. The molecule has 2 heterocycles. The molecule has 1 fully saturated rings. The van der Waals surface area contributed by atoms with Crippen molar-refractivity contribution in [3.8, 4) is 11.5 Å². The molecule has 3 rings (SSSR count). The lowest BCUT2D eigenvalue weighted by Crippen LogP contribution is -2.53. The Hall–Kier alpha value is -1.34. The number of ether oxygens (including phenoxy) is 3. The fraction of sp³-hybridized carbons (Fsp3) is 0.714. The van der Waals surface area contributed by atoms with Gasteiger partial charge in [0.05, 0.1) is 31.0 Å². The second-order valence-electron chi connectivity index (χ2n) is 8.69. The summed E-state index contributed by atoms with van der Waals surface area (Å²) in [6, 6.07) is 4.21. The molecule has 0 saturated carbocycles. The maximum atomic E-state index is 10.7. The molecule has 1 saturated heterocycles. The largest absolute Gasteiger partial charge is 0.493 e. The van der Waals surface area contributed by atoms with Gasteiger partial charge in [-0.2, -0.15) is 0 Å². The number of fused-ring (bicyclic) bond motifs is 3. The normalized spacial score (nSPS) is 26.9. The summed E-state index contributed by atoms with van der Waals surface area (Å²) in [5.74, 6) is 1.33. The summed E-state index contributed by atoms with van der Waals surface area (Å²) >= 11 is 0. The first-order chi connectivity index (χ1) is 12.7. The van der Waals surface area contributed by atoms with Gasteiger partial charge in [0.15, 0.2) is 11.5 Å². The molecule has 2 aliphatic rings. The number of benzene rings is 1. The van der Waals surface area contributed by atoms with Gasteiger partial charge in [0.1, 0.15) is 6.61 Å². The maximum Gasteiger partial charge on any atom is 0.161 e. The molecule has 27 heavy (non-hydrogen) atoms. The zero-order valence-electron chi connectivity index (χ0n) is 17.1. The summed E-state index contributed by atoms with van der Waals surface area (Å²) in [6.45, 7) is 9.66. The van der Waals surface area contributed by atoms with Gasteiger partial charge in [-0.25, -0.2) is 0 Å². The highest BCUT2D eigenvalue weighted by Crippen LogP contribution is 2.42. The zero-order valence-corrected chi connectivity index (χ0v) is 17.1. The Balaban J connectivity index is 1.82. The molecule has 1 aromatic carbocycles. The molecule has 0 aromatic heterocycles. The number of methoxy groups -OCH3 is 1. The Morgan fingerprint density at radius 3 is 2.63 bits per heavy atom. The van der Waals surface area contributed by atoms with Crippen molar-refractivity contribution in [2.24, 2.45) is 0 Å². The van der Waals surface area contributed by atoms with Crippen LogP contribution in [0.15, 0.2) is 12.1 Å². The first-order valence-electron chi connectivity index (χ1n) is 9.79. The fourth-order valence-corrected chi connectivity index (χ4v) is 4.04. The van der Waals surface area contributed by atoms with Gasteiger partial charge in [-0.3, -0.25) is 4.90 Å². The van der Waals surface area contributed by atoms with Crippen molar-refractivity contribution in [3.05, 3.63) is 23.3 Å². The van der Waals surface area contributed by atoms with Gasteiger partial charge in [0, 0.05) is 19.1 Å². The third kappa shape index (κ3) is 4.74. The number of hydrogen-bond acceptors (Lipinski definition) is 6. The van der Waals surface area contributed by atoms with E-state index in [1.807, 2.05) is 32.9 Å². The molecule has 3 unspecified atom stereocenters. The standard InChI is InChI=1S/C21H33NO5/c1-13(23)12-26-19-8-14-6-7-22-11-20(27-21(2,3)4)17(24)10-16(22)15(14)9-18(19)25-5/h8-9,13,16-17,20,23-24H,6-7,10-12H2,1-5H3/t13-,16?,17?,20?/m1/s1. The molecule has 0 amide bonds. The summed E-state index contributed by atoms with van der Waals surface area (Å²) < 4.78 is 17.3. The van der Waals surface area contributed by atoms with Gasteiger partial charge in [-0.05, 0) is 63.8 Å². The minimum absolute atomic E-state index is 0.156. The summed E-state index contributed by atoms with van der Waals surface area (Å²) in [5.41, 5.74) is 2.14. The SMILES string of the molecule is COc1cc2c(cc1OC[C@@H](C)O)CCN1CC(OC(C)(C)C)C(O)CC21. The number of hydrogen-bond donors (Lipinski definition) is 2. The Morgan fingerprint density at radius 2 is 2.00 bits per heavy atom. The van der Waals surface area contributed by atoms with Crippen LogP contribution in [0.1, 0.15) is 51.3 Å². The van der Waals surface area contributed by atoms with Crippen molar-refractivity contribution in [2.45, 2.75) is 70.5 Å². The quantitative estimate of drug-likeness (QED) is 0.818. The van der Waals surface area contributed by atoms with E-state index in [4.69, 9.17) is 14.2 Å². The van der Waals surface area contributed by atoms with E-state index in [2.05, 4.69) is 4.90 Å². The molecule has 4 atom stereocenters. The van der Waals surface area contributed by atoms with E-state index in [0.717, 1.165) is 19.5 Å². The Morgan fingerprint density at radius 1 is 1.26 bits per heavy atom. The van der Waals surface area contributed by atoms with Crippen molar-refractivity contribution in [3.63, 3.8) is 0 Å². The van der Waals surface area contributed by atoms with Crippen LogP contribution in [0.3, 0.4) is 0 Å². The maximum absolute atomic E-state index is 10.7. The van der Waals surface area contributed by atoms with Gasteiger partial charge < -0.3 is 24.4 Å². The first kappa shape index (κ1) is 20.4. The summed E-state index contributed by atoms with van der Waals surface area (Å²) in [7, 11) is 1.63. The minimum atomic E-state index is -0.533. The van der Waals surface area contributed by atoms with Gasteiger partial charge in [0.2, 0.25) is 0 Å². The van der Waals surface area contributed by atoms with Crippen molar-refractivity contribution in [1.82, 2.24) is 4.90 Å². The van der Waals surface area contributed by atoms with E-state index in [1.165, 1.54) is 11.1 Å². The minimum Gasteiger partial charge on any atom is -0.493 e. The molecule has 6 nitrogen and oxygen atoms in total. The number of aliphatic hydroxyl groups is 2. The van der Waals surface area contributed by atoms with Crippen LogP contribution in [0.25, 0.3) is 0 Å². The van der Waals surface area contributed by atoms with Crippen molar-refractivity contribution in [2.75, 3.05) is 26.8 Å². The summed E-state index contributed by atoms with van der Waals surface area (Å²) in [5, 5.41) is 20.2. The molecular weight excluding hydrogens is 346 g/mol. The lowest BCUT2D eigenvalue weighted by Gasteiger charge is -2.46. The molecule has 6 heteroatoms. The molecule has 0 aliphatic carbocycles. The van der Waals surface area contributed by atoms with Crippen LogP contribution in [-0.4, -0.2) is 65.8 Å². The fourth-order valence-electron chi connectivity index (χ4n) is 4.04.